The lowest BCUT2D eigenvalue weighted by molar-refractivity contribution is -0.0498. The molecule has 7 heteroatoms. The van der Waals surface area contributed by atoms with E-state index in [-0.39, 0.29) is 22.7 Å². The maximum Gasteiger partial charge on any atom is 0.387 e. The Morgan fingerprint density at radius 1 is 1.14 bits per heavy atom. The molecule has 0 saturated carbocycles. The van der Waals surface area contributed by atoms with Gasteiger partial charge in [0.25, 0.3) is 5.91 Å². The Hall–Kier alpha value is -2.70. The van der Waals surface area contributed by atoms with E-state index in [0.717, 1.165) is 12.1 Å². The highest BCUT2D eigenvalue weighted by Gasteiger charge is 2.12. The number of halogens is 3. The van der Waals surface area contributed by atoms with E-state index in [9.17, 15) is 18.0 Å². The van der Waals surface area contributed by atoms with Crippen LogP contribution in [0, 0.1) is 5.82 Å². The first-order valence-corrected chi connectivity index (χ1v) is 5.80. The van der Waals surface area contributed by atoms with Crippen LogP contribution >= 0.6 is 0 Å². The largest absolute Gasteiger partial charge is 0.508 e. The van der Waals surface area contributed by atoms with E-state index in [0.29, 0.717) is 0 Å². The number of carbonyl (C=O) groups is 1. The molecule has 2 rings (SSSR count). The van der Waals surface area contributed by atoms with Crippen molar-refractivity contribution >= 4 is 11.6 Å². The van der Waals surface area contributed by atoms with Crippen LogP contribution in [0.4, 0.5) is 18.9 Å². The van der Waals surface area contributed by atoms with Gasteiger partial charge < -0.3 is 15.2 Å². The predicted molar refractivity (Wildman–Crippen MR) is 69.1 cm³/mol. The summed E-state index contributed by atoms with van der Waals surface area (Å²) in [5.74, 6) is -1.95. The van der Waals surface area contributed by atoms with E-state index >= 15 is 0 Å². The molecule has 0 unspecified atom stereocenters. The maximum atomic E-state index is 13.5. The van der Waals surface area contributed by atoms with Gasteiger partial charge in [0.05, 0.1) is 5.56 Å². The number of alkyl halides is 2. The number of phenols is 1. The van der Waals surface area contributed by atoms with Gasteiger partial charge in [0.15, 0.2) is 0 Å². The smallest absolute Gasteiger partial charge is 0.387 e. The summed E-state index contributed by atoms with van der Waals surface area (Å²) in [5, 5.41) is 11.5. The lowest BCUT2D eigenvalue weighted by Crippen LogP contribution is -2.13. The number of rotatable bonds is 4. The Morgan fingerprint density at radius 3 is 2.38 bits per heavy atom. The second-order valence-electron chi connectivity index (χ2n) is 4.02. The van der Waals surface area contributed by atoms with Crippen LogP contribution in [0.15, 0.2) is 42.5 Å². The standard InChI is InChI=1S/C14H10F3NO3/c15-12-7-9(19)3-6-11(12)13(20)18-8-1-4-10(5-2-8)21-14(16)17/h1-7,14,19H,(H,18,20). The second-order valence-corrected chi connectivity index (χ2v) is 4.02. The molecular formula is C14H10F3NO3. The molecule has 21 heavy (non-hydrogen) atoms. The zero-order chi connectivity index (χ0) is 15.4. The molecule has 2 aromatic carbocycles. The molecule has 0 aromatic heterocycles. The second kappa shape index (κ2) is 6.17. The number of hydrogen-bond acceptors (Lipinski definition) is 3. The molecule has 0 bridgehead atoms. The summed E-state index contributed by atoms with van der Waals surface area (Å²) < 4.78 is 41.6. The van der Waals surface area contributed by atoms with Gasteiger partial charge in [-0.25, -0.2) is 4.39 Å². The molecule has 110 valence electrons. The summed E-state index contributed by atoms with van der Waals surface area (Å²) in [6, 6.07) is 8.30. The number of amides is 1. The highest BCUT2D eigenvalue weighted by molar-refractivity contribution is 6.04. The van der Waals surface area contributed by atoms with Crippen molar-refractivity contribution in [2.75, 3.05) is 5.32 Å². The van der Waals surface area contributed by atoms with Crippen LogP contribution in [-0.2, 0) is 0 Å². The van der Waals surface area contributed by atoms with Gasteiger partial charge in [-0.3, -0.25) is 4.79 Å². The summed E-state index contributed by atoms with van der Waals surface area (Å²) in [5.41, 5.74) is 0.0369. The summed E-state index contributed by atoms with van der Waals surface area (Å²) in [7, 11) is 0. The SMILES string of the molecule is O=C(Nc1ccc(OC(F)F)cc1)c1ccc(O)cc1F. The molecule has 0 radical (unpaired) electrons. The topological polar surface area (TPSA) is 58.6 Å². The van der Waals surface area contributed by atoms with Gasteiger partial charge in [0, 0.05) is 11.8 Å². The van der Waals surface area contributed by atoms with Crippen LogP contribution in [0.1, 0.15) is 10.4 Å². The Balaban J connectivity index is 2.08. The molecule has 0 saturated heterocycles. The van der Waals surface area contributed by atoms with Crippen LogP contribution in [0.2, 0.25) is 0 Å². The van der Waals surface area contributed by atoms with Crippen LogP contribution in [0.3, 0.4) is 0 Å². The van der Waals surface area contributed by atoms with Crippen molar-refractivity contribution in [1.29, 1.82) is 0 Å². The van der Waals surface area contributed by atoms with Crippen molar-refractivity contribution in [2.45, 2.75) is 6.61 Å². The summed E-state index contributed by atoms with van der Waals surface area (Å²) in [4.78, 5) is 11.8. The number of ether oxygens (including phenoxy) is 1. The zero-order valence-electron chi connectivity index (χ0n) is 10.5. The molecule has 2 aromatic rings. The van der Waals surface area contributed by atoms with E-state index in [1.54, 1.807) is 0 Å². The first-order valence-electron chi connectivity index (χ1n) is 5.80. The Labute approximate surface area is 117 Å². The molecule has 1 amide bonds. The zero-order valence-corrected chi connectivity index (χ0v) is 10.5. The van der Waals surface area contributed by atoms with Gasteiger partial charge in [-0.1, -0.05) is 0 Å². The minimum atomic E-state index is -2.93. The monoisotopic (exact) mass is 297 g/mol. The number of anilines is 1. The van der Waals surface area contributed by atoms with E-state index in [2.05, 4.69) is 10.1 Å². The molecule has 0 fully saturated rings. The lowest BCUT2D eigenvalue weighted by atomic mass is 10.2. The number of phenolic OH excluding ortho intramolecular Hbond substituents is 1. The first kappa shape index (κ1) is 14.7. The van der Waals surface area contributed by atoms with Gasteiger partial charge in [-0.2, -0.15) is 8.78 Å². The Kier molecular flexibility index (Phi) is 4.32. The molecule has 0 aliphatic heterocycles. The third kappa shape index (κ3) is 3.88. The fraction of sp³-hybridized carbons (Fsp3) is 0.0714. The fourth-order valence-electron chi connectivity index (χ4n) is 1.61. The van der Waals surface area contributed by atoms with Gasteiger partial charge in [0.1, 0.15) is 17.3 Å². The van der Waals surface area contributed by atoms with Crippen LogP contribution in [0.25, 0.3) is 0 Å². The van der Waals surface area contributed by atoms with Gasteiger partial charge >= 0.3 is 6.61 Å². The molecule has 0 heterocycles. The molecular weight excluding hydrogens is 287 g/mol. The third-order valence-corrected chi connectivity index (χ3v) is 2.53. The average molecular weight is 297 g/mol. The van der Waals surface area contributed by atoms with Crippen LogP contribution in [-0.4, -0.2) is 17.6 Å². The lowest BCUT2D eigenvalue weighted by Gasteiger charge is -2.08. The summed E-state index contributed by atoms with van der Waals surface area (Å²) >= 11 is 0. The predicted octanol–water partition coefficient (Wildman–Crippen LogP) is 3.39. The molecule has 4 nitrogen and oxygen atoms in total. The van der Waals surface area contributed by atoms with Crippen molar-refractivity contribution < 1.29 is 27.8 Å². The number of aromatic hydroxyl groups is 1. The van der Waals surface area contributed by atoms with Gasteiger partial charge in [-0.05, 0) is 36.4 Å². The molecule has 0 aliphatic carbocycles. The van der Waals surface area contributed by atoms with Crippen molar-refractivity contribution in [3.05, 3.63) is 53.8 Å². The molecule has 0 atom stereocenters. The quantitative estimate of drug-likeness (QED) is 0.909. The van der Waals surface area contributed by atoms with Crippen LogP contribution in [0.5, 0.6) is 11.5 Å². The van der Waals surface area contributed by atoms with E-state index in [1.165, 1.54) is 30.3 Å². The van der Waals surface area contributed by atoms with E-state index in [1.807, 2.05) is 0 Å². The van der Waals surface area contributed by atoms with Gasteiger partial charge in [-0.15, -0.1) is 0 Å². The Morgan fingerprint density at radius 2 is 1.81 bits per heavy atom. The fourth-order valence-corrected chi connectivity index (χ4v) is 1.61. The minimum absolute atomic E-state index is 0.0567. The number of carbonyl (C=O) groups excluding carboxylic acids is 1. The maximum absolute atomic E-state index is 13.5. The normalized spacial score (nSPS) is 10.5. The molecule has 0 aliphatic rings. The van der Waals surface area contributed by atoms with E-state index in [4.69, 9.17) is 5.11 Å². The Bertz CT molecular complexity index is 644. The first-order chi connectivity index (χ1) is 9.95. The third-order valence-electron chi connectivity index (χ3n) is 2.53. The van der Waals surface area contributed by atoms with Crippen molar-refractivity contribution in [3.8, 4) is 11.5 Å². The van der Waals surface area contributed by atoms with E-state index < -0.39 is 18.3 Å². The average Bonchev–Trinajstić information content (AvgIpc) is 2.40. The molecule has 2 N–H and O–H groups in total. The number of benzene rings is 2. The minimum Gasteiger partial charge on any atom is -0.508 e. The highest BCUT2D eigenvalue weighted by atomic mass is 19.3. The van der Waals surface area contributed by atoms with Crippen LogP contribution < -0.4 is 10.1 Å². The molecule has 0 spiro atoms. The van der Waals surface area contributed by atoms with Crippen molar-refractivity contribution in [3.63, 3.8) is 0 Å². The number of hydrogen-bond donors (Lipinski definition) is 2. The van der Waals surface area contributed by atoms with Crippen molar-refractivity contribution in [2.24, 2.45) is 0 Å². The van der Waals surface area contributed by atoms with Crippen molar-refractivity contribution in [1.82, 2.24) is 0 Å². The van der Waals surface area contributed by atoms with Gasteiger partial charge in [0.2, 0.25) is 0 Å². The summed E-state index contributed by atoms with van der Waals surface area (Å²) in [6.07, 6.45) is 0. The number of nitrogens with one attached hydrogen (secondary N) is 1. The summed E-state index contributed by atoms with van der Waals surface area (Å²) in [6.45, 7) is -2.93. The highest BCUT2D eigenvalue weighted by Crippen LogP contribution is 2.20.